The van der Waals surface area contributed by atoms with Gasteiger partial charge in [0.25, 0.3) is 0 Å². The van der Waals surface area contributed by atoms with Crippen LogP contribution in [0.4, 0.5) is 4.39 Å². The number of benzene rings is 2. The lowest BCUT2D eigenvalue weighted by molar-refractivity contribution is 0.253. The Kier molecular flexibility index (Phi) is 4.74. The summed E-state index contributed by atoms with van der Waals surface area (Å²) < 4.78 is 42.6. The van der Waals surface area contributed by atoms with E-state index in [1.54, 1.807) is 0 Å². The van der Waals surface area contributed by atoms with Crippen molar-refractivity contribution in [3.63, 3.8) is 0 Å². The smallest absolute Gasteiger partial charge is 0.243 e. The molecule has 27 heavy (non-hydrogen) atoms. The molecule has 0 saturated carbocycles. The normalized spacial score (nSPS) is 16.8. The van der Waals surface area contributed by atoms with E-state index in [9.17, 15) is 12.8 Å². The first-order valence-corrected chi connectivity index (χ1v) is 10.6. The van der Waals surface area contributed by atoms with E-state index in [2.05, 4.69) is 15.6 Å². The fourth-order valence-corrected chi connectivity index (χ4v) is 5.30. The SMILES string of the molecule is Cc1nc2ccccc2n1CC1CCN(S(=O)(=O)c2cccc(F)c2)CC1. The fourth-order valence-electron chi connectivity index (χ4n) is 3.79. The number of sulfonamides is 1. The molecule has 0 aliphatic carbocycles. The minimum atomic E-state index is -3.64. The molecule has 1 fully saturated rings. The Labute approximate surface area is 158 Å². The molecule has 142 valence electrons. The van der Waals surface area contributed by atoms with Crippen molar-refractivity contribution in [3.05, 3.63) is 60.2 Å². The highest BCUT2D eigenvalue weighted by atomic mass is 32.2. The summed E-state index contributed by atoms with van der Waals surface area (Å²) in [6.45, 7) is 3.74. The summed E-state index contributed by atoms with van der Waals surface area (Å²) in [5.74, 6) is 0.833. The molecular weight excluding hydrogens is 365 g/mol. The summed E-state index contributed by atoms with van der Waals surface area (Å²) in [5.41, 5.74) is 2.10. The van der Waals surface area contributed by atoms with Crippen LogP contribution in [0.2, 0.25) is 0 Å². The van der Waals surface area contributed by atoms with Gasteiger partial charge in [0.15, 0.2) is 0 Å². The van der Waals surface area contributed by atoms with Gasteiger partial charge in [-0.05, 0) is 56.0 Å². The van der Waals surface area contributed by atoms with Crippen LogP contribution in [0.25, 0.3) is 11.0 Å². The number of halogens is 1. The molecule has 1 saturated heterocycles. The molecule has 7 heteroatoms. The minimum Gasteiger partial charge on any atom is -0.328 e. The Bertz CT molecular complexity index is 1070. The third-order valence-corrected chi connectivity index (χ3v) is 7.19. The summed E-state index contributed by atoms with van der Waals surface area (Å²) in [7, 11) is -3.64. The first-order valence-electron chi connectivity index (χ1n) is 9.13. The second-order valence-corrected chi connectivity index (χ2v) is 9.00. The molecule has 1 aliphatic heterocycles. The molecule has 0 atom stereocenters. The van der Waals surface area contributed by atoms with Crippen LogP contribution in [0.1, 0.15) is 18.7 Å². The highest BCUT2D eigenvalue weighted by Crippen LogP contribution is 2.27. The lowest BCUT2D eigenvalue weighted by Gasteiger charge is -2.31. The van der Waals surface area contributed by atoms with E-state index in [4.69, 9.17) is 0 Å². The van der Waals surface area contributed by atoms with E-state index >= 15 is 0 Å². The maximum atomic E-state index is 13.4. The van der Waals surface area contributed by atoms with Gasteiger partial charge in [-0.2, -0.15) is 4.31 Å². The highest BCUT2D eigenvalue weighted by molar-refractivity contribution is 7.89. The van der Waals surface area contributed by atoms with Crippen molar-refractivity contribution in [1.82, 2.24) is 13.9 Å². The maximum absolute atomic E-state index is 13.4. The number of piperidine rings is 1. The van der Waals surface area contributed by atoms with E-state index in [1.807, 2.05) is 25.1 Å². The molecule has 0 radical (unpaired) electrons. The monoisotopic (exact) mass is 387 g/mol. The zero-order valence-electron chi connectivity index (χ0n) is 15.2. The standard InChI is InChI=1S/C20H22FN3O2S/c1-15-22-19-7-2-3-8-20(19)24(15)14-16-9-11-23(12-10-16)27(25,26)18-6-4-5-17(21)13-18/h2-8,13,16H,9-12,14H2,1H3. The maximum Gasteiger partial charge on any atom is 0.243 e. The first kappa shape index (κ1) is 18.1. The minimum absolute atomic E-state index is 0.0254. The molecule has 0 unspecified atom stereocenters. The van der Waals surface area contributed by atoms with E-state index < -0.39 is 15.8 Å². The zero-order chi connectivity index (χ0) is 19.0. The second-order valence-electron chi connectivity index (χ2n) is 7.06. The summed E-state index contributed by atoms with van der Waals surface area (Å²) in [5, 5.41) is 0. The number of fused-ring (bicyclic) bond motifs is 1. The molecule has 2 heterocycles. The van der Waals surface area contributed by atoms with Crippen molar-refractivity contribution >= 4 is 21.1 Å². The Hall–Kier alpha value is -2.25. The Morgan fingerprint density at radius 2 is 1.85 bits per heavy atom. The number of aryl methyl sites for hydroxylation is 1. The van der Waals surface area contributed by atoms with Crippen molar-refractivity contribution in [1.29, 1.82) is 0 Å². The van der Waals surface area contributed by atoms with Gasteiger partial charge in [0.2, 0.25) is 10.0 Å². The second kappa shape index (κ2) is 7.05. The summed E-state index contributed by atoms with van der Waals surface area (Å²) >= 11 is 0. The number of aromatic nitrogens is 2. The van der Waals surface area contributed by atoms with E-state index in [-0.39, 0.29) is 4.90 Å². The van der Waals surface area contributed by atoms with Gasteiger partial charge in [-0.1, -0.05) is 18.2 Å². The molecule has 0 spiro atoms. The van der Waals surface area contributed by atoms with E-state index in [0.717, 1.165) is 42.3 Å². The van der Waals surface area contributed by atoms with Crippen molar-refractivity contribution in [2.75, 3.05) is 13.1 Å². The molecule has 1 aromatic heterocycles. The van der Waals surface area contributed by atoms with Crippen LogP contribution >= 0.6 is 0 Å². The largest absolute Gasteiger partial charge is 0.328 e. The predicted octanol–water partition coefficient (Wildman–Crippen LogP) is 3.58. The fraction of sp³-hybridized carbons (Fsp3) is 0.350. The summed E-state index contributed by atoms with van der Waals surface area (Å²) in [6, 6.07) is 13.3. The first-order chi connectivity index (χ1) is 12.9. The van der Waals surface area contributed by atoms with Gasteiger partial charge in [-0.15, -0.1) is 0 Å². The Balaban J connectivity index is 1.47. The van der Waals surface area contributed by atoms with Crippen LogP contribution in [-0.4, -0.2) is 35.4 Å². The van der Waals surface area contributed by atoms with Crippen LogP contribution in [0.5, 0.6) is 0 Å². The van der Waals surface area contributed by atoms with Gasteiger partial charge in [0.05, 0.1) is 15.9 Å². The summed E-state index contributed by atoms with van der Waals surface area (Å²) in [6.07, 6.45) is 1.56. The average molecular weight is 387 g/mol. The van der Waals surface area contributed by atoms with Crippen molar-refractivity contribution in [2.45, 2.75) is 31.2 Å². The van der Waals surface area contributed by atoms with Crippen molar-refractivity contribution in [3.8, 4) is 0 Å². The average Bonchev–Trinajstić information content (AvgIpc) is 2.98. The highest BCUT2D eigenvalue weighted by Gasteiger charge is 2.30. The molecule has 5 nitrogen and oxygen atoms in total. The van der Waals surface area contributed by atoms with Gasteiger partial charge in [0.1, 0.15) is 11.6 Å². The Morgan fingerprint density at radius 3 is 2.59 bits per heavy atom. The zero-order valence-corrected chi connectivity index (χ0v) is 16.0. The molecule has 0 N–H and O–H groups in total. The van der Waals surface area contributed by atoms with Crippen LogP contribution in [0, 0.1) is 18.7 Å². The molecular formula is C20H22FN3O2S. The quantitative estimate of drug-likeness (QED) is 0.688. The van der Waals surface area contributed by atoms with Gasteiger partial charge in [-0.25, -0.2) is 17.8 Å². The molecule has 4 rings (SSSR count). The topological polar surface area (TPSA) is 55.2 Å². The molecule has 2 aromatic carbocycles. The van der Waals surface area contributed by atoms with Crippen LogP contribution < -0.4 is 0 Å². The van der Waals surface area contributed by atoms with E-state index in [0.29, 0.717) is 19.0 Å². The van der Waals surface area contributed by atoms with Gasteiger partial charge < -0.3 is 4.57 Å². The van der Waals surface area contributed by atoms with Crippen LogP contribution in [-0.2, 0) is 16.6 Å². The van der Waals surface area contributed by atoms with Gasteiger partial charge in [0, 0.05) is 19.6 Å². The lowest BCUT2D eigenvalue weighted by atomic mass is 9.98. The third-order valence-electron chi connectivity index (χ3n) is 5.29. The summed E-state index contributed by atoms with van der Waals surface area (Å²) in [4.78, 5) is 4.63. The molecule has 0 amide bonds. The number of nitrogens with zero attached hydrogens (tertiary/aromatic N) is 3. The number of hydrogen-bond donors (Lipinski definition) is 0. The molecule has 3 aromatic rings. The number of rotatable bonds is 4. The molecule has 0 bridgehead atoms. The molecule has 1 aliphatic rings. The van der Waals surface area contributed by atoms with Crippen molar-refractivity contribution in [2.24, 2.45) is 5.92 Å². The predicted molar refractivity (Wildman–Crippen MR) is 102 cm³/mol. The van der Waals surface area contributed by atoms with E-state index in [1.165, 1.54) is 22.5 Å². The Morgan fingerprint density at radius 1 is 1.11 bits per heavy atom. The number of para-hydroxylation sites is 2. The van der Waals surface area contributed by atoms with Crippen molar-refractivity contribution < 1.29 is 12.8 Å². The third kappa shape index (κ3) is 3.49. The van der Waals surface area contributed by atoms with Crippen LogP contribution in [0.15, 0.2) is 53.4 Å². The lowest BCUT2D eigenvalue weighted by Crippen LogP contribution is -2.39. The number of hydrogen-bond acceptors (Lipinski definition) is 3. The van der Waals surface area contributed by atoms with Crippen LogP contribution in [0.3, 0.4) is 0 Å². The van der Waals surface area contributed by atoms with Gasteiger partial charge >= 0.3 is 0 Å². The van der Waals surface area contributed by atoms with Gasteiger partial charge in [-0.3, -0.25) is 0 Å². The number of imidazole rings is 1.